The highest BCUT2D eigenvalue weighted by Gasteiger charge is 2.41. The fourth-order valence-electron chi connectivity index (χ4n) is 2.93. The van der Waals surface area contributed by atoms with E-state index in [4.69, 9.17) is 25.6 Å². The minimum Gasteiger partial charge on any atom is -0.341 e. The number of amidine groups is 1. The number of nitrogens with one attached hydrogen (secondary N) is 1. The van der Waals surface area contributed by atoms with Crippen molar-refractivity contribution < 1.29 is 18.0 Å². The van der Waals surface area contributed by atoms with Crippen molar-refractivity contribution in [2.45, 2.75) is 26.8 Å². The third-order valence-corrected chi connectivity index (χ3v) is 7.47. The van der Waals surface area contributed by atoms with Gasteiger partial charge in [-0.3, -0.25) is 9.56 Å². The van der Waals surface area contributed by atoms with E-state index in [0.29, 0.717) is 27.4 Å². The number of hydrogen-bond acceptors (Lipinski definition) is 7. The first-order chi connectivity index (χ1) is 13.4. The van der Waals surface area contributed by atoms with Gasteiger partial charge < -0.3 is 14.4 Å². The van der Waals surface area contributed by atoms with E-state index in [2.05, 4.69) is 10.3 Å². The first kappa shape index (κ1) is 21.1. The number of thiazole rings is 1. The van der Waals surface area contributed by atoms with Crippen molar-refractivity contribution in [3.8, 4) is 0 Å². The van der Waals surface area contributed by atoms with Crippen LogP contribution in [-0.4, -0.2) is 24.0 Å². The van der Waals surface area contributed by atoms with E-state index >= 15 is 0 Å². The largest absolute Gasteiger partial charge is 0.361 e. The monoisotopic (exact) mass is 443 g/mol. The predicted molar refractivity (Wildman–Crippen MR) is 109 cm³/mol. The first-order valence-corrected chi connectivity index (χ1v) is 11.5. The van der Waals surface area contributed by atoms with Crippen molar-refractivity contribution in [3.05, 3.63) is 62.2 Å². The van der Waals surface area contributed by atoms with Gasteiger partial charge in [-0.05, 0) is 32.9 Å². The summed E-state index contributed by atoms with van der Waals surface area (Å²) in [6, 6.07) is 3.27. The number of benzene rings is 1. The molecule has 0 radical (unpaired) electrons. The Labute approximate surface area is 172 Å². The van der Waals surface area contributed by atoms with Gasteiger partial charge in [0.15, 0.2) is 10.8 Å². The maximum atomic E-state index is 13.6. The smallest absolute Gasteiger partial charge is 0.341 e. The molecule has 6 nitrogen and oxygen atoms in total. The number of aliphatic imine (C=N–C) groups is 1. The third kappa shape index (κ3) is 4.21. The number of hydrogen-bond donors (Lipinski definition) is 1. The van der Waals surface area contributed by atoms with Crippen LogP contribution in [0.4, 0.5) is 4.39 Å². The fraction of sp³-hybridized carbons (Fsp3) is 0.333. The van der Waals surface area contributed by atoms with E-state index in [-0.39, 0.29) is 18.2 Å². The topological polar surface area (TPSA) is 72.8 Å². The van der Waals surface area contributed by atoms with Gasteiger partial charge in [0.25, 0.3) is 0 Å². The average molecular weight is 444 g/mol. The first-order valence-electron chi connectivity index (χ1n) is 8.69. The van der Waals surface area contributed by atoms with Crippen LogP contribution >= 0.6 is 30.5 Å². The lowest BCUT2D eigenvalue weighted by Crippen LogP contribution is -2.30. The van der Waals surface area contributed by atoms with Crippen LogP contribution in [0.2, 0.25) is 5.02 Å². The maximum Gasteiger partial charge on any atom is 0.361 e. The minimum atomic E-state index is -3.67. The minimum absolute atomic E-state index is 0.180. The Bertz CT molecular complexity index is 955. The van der Waals surface area contributed by atoms with Gasteiger partial charge >= 0.3 is 7.60 Å². The van der Waals surface area contributed by atoms with E-state index in [9.17, 15) is 8.96 Å². The Balaban J connectivity index is 2.18. The SMILES string of the molecule is CCOP(=O)(OCC)C1=C(C)NC(c2nccs2)=NC1c1ccc(F)cc1Cl. The summed E-state index contributed by atoms with van der Waals surface area (Å²) >= 11 is 7.73. The molecule has 3 rings (SSSR count). The van der Waals surface area contributed by atoms with Crippen molar-refractivity contribution in [1.82, 2.24) is 10.3 Å². The zero-order valence-corrected chi connectivity index (χ0v) is 18.1. The molecule has 0 bridgehead atoms. The highest BCUT2D eigenvalue weighted by molar-refractivity contribution is 7.58. The number of halogens is 2. The third-order valence-electron chi connectivity index (χ3n) is 3.99. The molecular formula is C18H20ClFN3O3PS. The lowest BCUT2D eigenvalue weighted by Gasteiger charge is -2.31. The Kier molecular flexibility index (Phi) is 6.68. The molecule has 0 saturated heterocycles. The van der Waals surface area contributed by atoms with Crippen LogP contribution in [0, 0.1) is 5.82 Å². The molecule has 0 saturated carbocycles. The molecule has 1 aromatic heterocycles. The molecule has 1 unspecified atom stereocenters. The van der Waals surface area contributed by atoms with Crippen LogP contribution in [0.3, 0.4) is 0 Å². The van der Waals surface area contributed by atoms with Gasteiger partial charge in [0.1, 0.15) is 11.9 Å². The number of aromatic nitrogens is 1. The number of rotatable bonds is 7. The molecule has 28 heavy (non-hydrogen) atoms. The van der Waals surface area contributed by atoms with E-state index in [1.165, 1.54) is 29.5 Å². The molecule has 1 aliphatic rings. The maximum absolute atomic E-state index is 13.6. The quantitative estimate of drug-likeness (QED) is 0.570. The van der Waals surface area contributed by atoms with E-state index in [0.717, 1.165) is 0 Å². The number of nitrogens with zero attached hydrogens (tertiary/aromatic N) is 2. The second-order valence-electron chi connectivity index (χ2n) is 5.85. The predicted octanol–water partition coefficient (Wildman–Crippen LogP) is 5.52. The average Bonchev–Trinajstić information content (AvgIpc) is 3.16. The normalized spacial score (nSPS) is 17.5. The highest BCUT2D eigenvalue weighted by atomic mass is 35.5. The summed E-state index contributed by atoms with van der Waals surface area (Å²) < 4.78 is 38.3. The summed E-state index contributed by atoms with van der Waals surface area (Å²) in [5.41, 5.74) is 1.09. The lowest BCUT2D eigenvalue weighted by molar-refractivity contribution is 0.224. The van der Waals surface area contributed by atoms with Crippen molar-refractivity contribution in [3.63, 3.8) is 0 Å². The van der Waals surface area contributed by atoms with Gasteiger partial charge in [-0.25, -0.2) is 9.37 Å². The van der Waals surface area contributed by atoms with Crippen LogP contribution in [0.5, 0.6) is 0 Å². The van der Waals surface area contributed by atoms with Crippen molar-refractivity contribution in [1.29, 1.82) is 0 Å². The van der Waals surface area contributed by atoms with Gasteiger partial charge in [-0.2, -0.15) is 0 Å². The summed E-state index contributed by atoms with van der Waals surface area (Å²) in [6.07, 6.45) is 1.67. The van der Waals surface area contributed by atoms with E-state index < -0.39 is 19.5 Å². The van der Waals surface area contributed by atoms with Crippen LogP contribution < -0.4 is 5.32 Å². The summed E-state index contributed by atoms with van der Waals surface area (Å²) in [4.78, 5) is 8.98. The fourth-order valence-corrected chi connectivity index (χ4v) is 5.78. The molecule has 1 aliphatic heterocycles. The molecule has 10 heteroatoms. The second kappa shape index (κ2) is 8.84. The van der Waals surface area contributed by atoms with Crippen LogP contribution in [0.25, 0.3) is 0 Å². The van der Waals surface area contributed by atoms with Gasteiger partial charge in [0, 0.05) is 27.9 Å². The van der Waals surface area contributed by atoms with E-state index in [1.807, 2.05) is 5.38 Å². The molecule has 0 spiro atoms. The summed E-state index contributed by atoms with van der Waals surface area (Å²) in [5, 5.41) is 6.18. The lowest BCUT2D eigenvalue weighted by atomic mass is 10.0. The van der Waals surface area contributed by atoms with Gasteiger partial charge in [-0.15, -0.1) is 11.3 Å². The second-order valence-corrected chi connectivity index (χ2v) is 9.15. The van der Waals surface area contributed by atoms with Crippen molar-refractivity contribution in [2.24, 2.45) is 4.99 Å². The molecule has 2 heterocycles. The molecule has 0 amide bonds. The standard InChI is InChI=1S/C18H20ClFN3O3PS/c1-4-25-27(24,26-5-2)16-11(3)22-17(18-21-8-9-28-18)23-15(16)13-7-6-12(20)10-14(13)19/h6-10,15H,4-5H2,1-3H3,(H,22,23). The Morgan fingerprint density at radius 2 is 2.04 bits per heavy atom. The van der Waals surface area contributed by atoms with Gasteiger partial charge in [0.05, 0.1) is 18.5 Å². The molecule has 1 N–H and O–H groups in total. The van der Waals surface area contributed by atoms with Crippen molar-refractivity contribution >= 4 is 36.4 Å². The Morgan fingerprint density at radius 1 is 1.32 bits per heavy atom. The molecule has 150 valence electrons. The molecule has 2 aromatic rings. The molecule has 1 atom stereocenters. The summed E-state index contributed by atoms with van der Waals surface area (Å²) in [6.45, 7) is 5.64. The molecule has 0 aliphatic carbocycles. The zero-order chi connectivity index (χ0) is 20.3. The number of allylic oxidation sites excluding steroid dienone is 1. The van der Waals surface area contributed by atoms with Crippen LogP contribution in [0.15, 0.2) is 45.8 Å². The molecule has 0 fully saturated rings. The van der Waals surface area contributed by atoms with Crippen LogP contribution in [-0.2, 0) is 13.6 Å². The molecular weight excluding hydrogens is 424 g/mol. The van der Waals surface area contributed by atoms with Crippen molar-refractivity contribution in [2.75, 3.05) is 13.2 Å². The summed E-state index contributed by atoms with van der Waals surface area (Å²) in [5.74, 6) is 0.0491. The van der Waals surface area contributed by atoms with Gasteiger partial charge in [0.2, 0.25) is 0 Å². The highest BCUT2D eigenvalue weighted by Crippen LogP contribution is 2.62. The summed E-state index contributed by atoms with van der Waals surface area (Å²) in [7, 11) is -3.67. The Hall–Kier alpha value is -1.57. The molecule has 1 aromatic carbocycles. The van der Waals surface area contributed by atoms with E-state index in [1.54, 1.807) is 27.0 Å². The van der Waals surface area contributed by atoms with Gasteiger partial charge in [-0.1, -0.05) is 17.7 Å². The zero-order valence-electron chi connectivity index (χ0n) is 15.6. The Morgan fingerprint density at radius 3 is 2.61 bits per heavy atom. The van der Waals surface area contributed by atoms with Crippen LogP contribution in [0.1, 0.15) is 37.4 Å².